The molecule has 0 radical (unpaired) electrons. The second-order valence-corrected chi connectivity index (χ2v) is 7.13. The van der Waals surface area contributed by atoms with Gasteiger partial charge in [0.2, 0.25) is 0 Å². The van der Waals surface area contributed by atoms with E-state index in [0.717, 1.165) is 12.5 Å². The van der Waals surface area contributed by atoms with Crippen LogP contribution in [0.1, 0.15) is 50.2 Å². The average Bonchev–Trinajstić information content (AvgIpc) is 2.52. The molecule has 1 aliphatic carbocycles. The van der Waals surface area contributed by atoms with Gasteiger partial charge in [-0.3, -0.25) is 0 Å². The highest BCUT2D eigenvalue weighted by Crippen LogP contribution is 2.31. The van der Waals surface area contributed by atoms with Crippen LogP contribution in [-0.4, -0.2) is 25.2 Å². The predicted octanol–water partition coefficient (Wildman–Crippen LogP) is 4.05. The molecule has 0 bridgehead atoms. The number of nitrogens with one attached hydrogen (secondary N) is 1. The Labute approximate surface area is 129 Å². The molecule has 2 atom stereocenters. The first-order valence-corrected chi connectivity index (χ1v) is 8.73. The molecule has 2 nitrogen and oxygen atoms in total. The summed E-state index contributed by atoms with van der Waals surface area (Å²) in [4.78, 5) is 2.65. The maximum absolute atomic E-state index is 3.83. The van der Waals surface area contributed by atoms with Gasteiger partial charge in [-0.1, -0.05) is 31.4 Å². The number of benzene rings is 1. The van der Waals surface area contributed by atoms with Gasteiger partial charge in [-0.05, 0) is 56.7 Å². The lowest BCUT2D eigenvalue weighted by molar-refractivity contribution is 0.245. The molecular weight excluding hydrogens is 256 g/mol. The molecule has 2 unspecified atom stereocenters. The molecule has 1 N–H and O–H groups in total. The van der Waals surface area contributed by atoms with E-state index in [1.165, 1.54) is 55.5 Å². The van der Waals surface area contributed by atoms with Gasteiger partial charge in [-0.2, -0.15) is 0 Å². The Balaban J connectivity index is 1.78. The van der Waals surface area contributed by atoms with Crippen LogP contribution in [0.4, 0.5) is 5.69 Å². The van der Waals surface area contributed by atoms with E-state index >= 15 is 0 Å². The second-order valence-electron chi connectivity index (χ2n) is 7.13. The molecule has 1 aromatic carbocycles. The van der Waals surface area contributed by atoms with Crippen LogP contribution >= 0.6 is 0 Å². The summed E-state index contributed by atoms with van der Waals surface area (Å²) < 4.78 is 0. The lowest BCUT2D eigenvalue weighted by Gasteiger charge is -2.44. The van der Waals surface area contributed by atoms with Crippen molar-refractivity contribution in [1.29, 1.82) is 0 Å². The molecule has 116 valence electrons. The third-order valence-corrected chi connectivity index (χ3v) is 5.71. The van der Waals surface area contributed by atoms with Crippen LogP contribution in [0.15, 0.2) is 18.2 Å². The van der Waals surface area contributed by atoms with Crippen molar-refractivity contribution in [1.82, 2.24) is 5.32 Å². The lowest BCUT2D eigenvalue weighted by Crippen LogP contribution is -2.58. The van der Waals surface area contributed by atoms with Crippen molar-refractivity contribution in [3.8, 4) is 0 Å². The highest BCUT2D eigenvalue weighted by Gasteiger charge is 2.31. The van der Waals surface area contributed by atoms with Crippen LogP contribution < -0.4 is 10.2 Å². The average molecular weight is 286 g/mol. The van der Waals surface area contributed by atoms with E-state index in [2.05, 4.69) is 49.2 Å². The molecule has 0 aromatic heterocycles. The molecular formula is C19H30N2. The van der Waals surface area contributed by atoms with Gasteiger partial charge in [0, 0.05) is 30.9 Å². The van der Waals surface area contributed by atoms with Gasteiger partial charge < -0.3 is 10.2 Å². The molecule has 1 saturated carbocycles. The third kappa shape index (κ3) is 3.11. The number of anilines is 1. The monoisotopic (exact) mass is 286 g/mol. The Hall–Kier alpha value is -1.02. The third-order valence-electron chi connectivity index (χ3n) is 5.71. The number of rotatable bonds is 2. The summed E-state index contributed by atoms with van der Waals surface area (Å²) in [6.45, 7) is 9.15. The molecule has 2 fully saturated rings. The van der Waals surface area contributed by atoms with Crippen molar-refractivity contribution in [3.63, 3.8) is 0 Å². The van der Waals surface area contributed by atoms with Crippen LogP contribution in [0.25, 0.3) is 0 Å². The molecule has 1 saturated heterocycles. The molecule has 21 heavy (non-hydrogen) atoms. The van der Waals surface area contributed by atoms with E-state index in [1.54, 1.807) is 0 Å². The van der Waals surface area contributed by atoms with Crippen LogP contribution in [-0.2, 0) is 0 Å². The van der Waals surface area contributed by atoms with Crippen molar-refractivity contribution in [2.45, 2.75) is 65.0 Å². The summed E-state index contributed by atoms with van der Waals surface area (Å²) in [6, 6.07) is 8.01. The first-order chi connectivity index (χ1) is 10.2. The topological polar surface area (TPSA) is 15.3 Å². The number of nitrogens with zero attached hydrogens (tertiary/aromatic N) is 1. The van der Waals surface area contributed by atoms with Crippen LogP contribution in [0, 0.1) is 19.8 Å². The van der Waals surface area contributed by atoms with E-state index in [1.807, 2.05) is 0 Å². The number of hydrogen-bond donors (Lipinski definition) is 1. The number of piperazine rings is 1. The van der Waals surface area contributed by atoms with E-state index in [-0.39, 0.29) is 0 Å². The van der Waals surface area contributed by atoms with Crippen molar-refractivity contribution in [2.24, 2.45) is 5.92 Å². The second kappa shape index (κ2) is 6.39. The minimum absolute atomic E-state index is 0.588. The fourth-order valence-electron chi connectivity index (χ4n) is 4.12. The van der Waals surface area contributed by atoms with E-state index in [4.69, 9.17) is 0 Å². The largest absolute Gasteiger partial charge is 0.366 e. The zero-order valence-corrected chi connectivity index (χ0v) is 13.9. The van der Waals surface area contributed by atoms with E-state index in [0.29, 0.717) is 12.1 Å². The summed E-state index contributed by atoms with van der Waals surface area (Å²) in [7, 11) is 0. The first kappa shape index (κ1) is 14.9. The molecule has 0 spiro atoms. The quantitative estimate of drug-likeness (QED) is 0.882. The maximum Gasteiger partial charge on any atom is 0.0401 e. The normalized spacial score (nSPS) is 27.9. The smallest absolute Gasteiger partial charge is 0.0401 e. The van der Waals surface area contributed by atoms with Crippen molar-refractivity contribution in [3.05, 3.63) is 29.3 Å². The minimum Gasteiger partial charge on any atom is -0.366 e. The molecule has 2 heteroatoms. The SMILES string of the molecule is Cc1cccc(N2CC(C3CCCCC3)NCC2C)c1C. The zero-order chi connectivity index (χ0) is 14.8. The van der Waals surface area contributed by atoms with Gasteiger partial charge in [0.1, 0.15) is 0 Å². The summed E-state index contributed by atoms with van der Waals surface area (Å²) >= 11 is 0. The Morgan fingerprint density at radius 3 is 2.62 bits per heavy atom. The van der Waals surface area contributed by atoms with Crippen LogP contribution in [0.3, 0.4) is 0 Å². The number of hydrogen-bond acceptors (Lipinski definition) is 2. The molecule has 3 rings (SSSR count). The van der Waals surface area contributed by atoms with Gasteiger partial charge in [0.05, 0.1) is 0 Å². The molecule has 2 aliphatic rings. The van der Waals surface area contributed by atoms with Gasteiger partial charge >= 0.3 is 0 Å². The van der Waals surface area contributed by atoms with Crippen LogP contribution in [0.5, 0.6) is 0 Å². The fourth-order valence-corrected chi connectivity index (χ4v) is 4.12. The maximum atomic E-state index is 3.83. The Morgan fingerprint density at radius 2 is 1.86 bits per heavy atom. The molecule has 1 heterocycles. The zero-order valence-electron chi connectivity index (χ0n) is 13.9. The predicted molar refractivity (Wildman–Crippen MR) is 91.1 cm³/mol. The summed E-state index contributed by atoms with van der Waals surface area (Å²) in [6.07, 6.45) is 7.16. The Morgan fingerprint density at radius 1 is 1.10 bits per heavy atom. The summed E-state index contributed by atoms with van der Waals surface area (Å²) in [5.41, 5.74) is 4.31. The van der Waals surface area contributed by atoms with Gasteiger partial charge in [0.25, 0.3) is 0 Å². The Bertz CT molecular complexity index is 476. The highest BCUT2D eigenvalue weighted by atomic mass is 15.2. The highest BCUT2D eigenvalue weighted by molar-refractivity contribution is 5.57. The van der Waals surface area contributed by atoms with Crippen molar-refractivity contribution >= 4 is 5.69 Å². The summed E-state index contributed by atoms with van der Waals surface area (Å²) in [5.74, 6) is 0.888. The van der Waals surface area contributed by atoms with Crippen molar-refractivity contribution < 1.29 is 0 Å². The molecule has 1 aliphatic heterocycles. The lowest BCUT2D eigenvalue weighted by atomic mass is 9.82. The first-order valence-electron chi connectivity index (χ1n) is 8.73. The van der Waals surface area contributed by atoms with Crippen LogP contribution in [0.2, 0.25) is 0 Å². The fraction of sp³-hybridized carbons (Fsp3) is 0.684. The minimum atomic E-state index is 0.588. The molecule has 0 amide bonds. The standard InChI is InChI=1S/C19H30N2/c1-14-8-7-11-19(16(14)3)21-13-18(20-12-15(21)2)17-9-5-4-6-10-17/h7-8,11,15,17-18,20H,4-6,9-10,12-13H2,1-3H3. The van der Waals surface area contributed by atoms with Gasteiger partial charge in [0.15, 0.2) is 0 Å². The Kier molecular flexibility index (Phi) is 4.54. The van der Waals surface area contributed by atoms with Gasteiger partial charge in [-0.25, -0.2) is 0 Å². The number of aryl methyl sites for hydroxylation is 1. The van der Waals surface area contributed by atoms with E-state index < -0.39 is 0 Å². The van der Waals surface area contributed by atoms with E-state index in [9.17, 15) is 0 Å². The molecule has 1 aromatic rings. The summed E-state index contributed by atoms with van der Waals surface area (Å²) in [5, 5.41) is 3.83. The van der Waals surface area contributed by atoms with Crippen molar-refractivity contribution in [2.75, 3.05) is 18.0 Å². The van der Waals surface area contributed by atoms with Gasteiger partial charge in [-0.15, -0.1) is 0 Å².